The van der Waals surface area contributed by atoms with Crippen molar-refractivity contribution in [3.63, 3.8) is 0 Å². The molecule has 29 heavy (non-hydrogen) atoms. The summed E-state index contributed by atoms with van der Waals surface area (Å²) in [6.45, 7) is 0.115. The number of nitrogens with one attached hydrogen (secondary N) is 1. The van der Waals surface area contributed by atoms with Gasteiger partial charge in [0.15, 0.2) is 0 Å². The first kappa shape index (κ1) is 20.2. The van der Waals surface area contributed by atoms with Crippen molar-refractivity contribution in [3.05, 3.63) is 77.9 Å². The number of rotatable bonds is 7. The molecule has 3 aromatic rings. The largest absolute Gasteiger partial charge is 0.496 e. The number of fused-ring (bicyclic) bond motifs is 1. The fourth-order valence-electron chi connectivity index (χ4n) is 3.10. The molecule has 0 radical (unpaired) electrons. The van der Waals surface area contributed by atoms with Crippen LogP contribution in [0, 0.1) is 0 Å². The average Bonchev–Trinajstić information content (AvgIpc) is 2.76. The van der Waals surface area contributed by atoms with Crippen LogP contribution in [0.3, 0.4) is 0 Å². The van der Waals surface area contributed by atoms with E-state index in [1.165, 1.54) is 7.11 Å². The van der Waals surface area contributed by atoms with Gasteiger partial charge in [-0.15, -0.1) is 0 Å². The van der Waals surface area contributed by atoms with Gasteiger partial charge in [-0.25, -0.2) is 9.59 Å². The van der Waals surface area contributed by atoms with E-state index in [1.807, 2.05) is 66.7 Å². The van der Waals surface area contributed by atoms with Gasteiger partial charge in [-0.3, -0.25) is 0 Å². The van der Waals surface area contributed by atoms with E-state index in [4.69, 9.17) is 14.2 Å². The topological polar surface area (TPSA) is 73.9 Å². The summed E-state index contributed by atoms with van der Waals surface area (Å²) in [6.07, 6.45) is -0.439. The number of carbonyl (C=O) groups is 2. The van der Waals surface area contributed by atoms with Crippen molar-refractivity contribution >= 4 is 22.8 Å². The summed E-state index contributed by atoms with van der Waals surface area (Å²) in [6, 6.07) is 20.1. The maximum absolute atomic E-state index is 12.2. The number of hydrogen-bond donors (Lipinski definition) is 1. The highest BCUT2D eigenvalue weighted by Crippen LogP contribution is 2.28. The van der Waals surface area contributed by atoms with Crippen LogP contribution >= 0.6 is 0 Å². The quantitative estimate of drug-likeness (QED) is 0.617. The van der Waals surface area contributed by atoms with Crippen LogP contribution in [0.15, 0.2) is 66.7 Å². The molecule has 0 saturated carbocycles. The van der Waals surface area contributed by atoms with Crippen molar-refractivity contribution in [2.24, 2.45) is 0 Å². The molecule has 0 heterocycles. The zero-order chi connectivity index (χ0) is 20.6. The highest BCUT2D eigenvalue weighted by atomic mass is 16.6. The summed E-state index contributed by atoms with van der Waals surface area (Å²) in [7, 11) is 2.88. The third kappa shape index (κ3) is 5.25. The van der Waals surface area contributed by atoms with Crippen molar-refractivity contribution in [2.45, 2.75) is 19.1 Å². The number of benzene rings is 3. The number of hydrogen-bond acceptors (Lipinski definition) is 5. The molecule has 6 nitrogen and oxygen atoms in total. The molecule has 0 saturated heterocycles. The maximum atomic E-state index is 12.2. The van der Waals surface area contributed by atoms with Gasteiger partial charge >= 0.3 is 12.1 Å². The van der Waals surface area contributed by atoms with Crippen LogP contribution in [0.1, 0.15) is 11.1 Å². The minimum Gasteiger partial charge on any atom is -0.496 e. The van der Waals surface area contributed by atoms with Crippen LogP contribution < -0.4 is 10.1 Å². The number of amides is 1. The van der Waals surface area contributed by atoms with Crippen molar-refractivity contribution < 1.29 is 23.8 Å². The molecule has 150 valence electrons. The fraction of sp³-hybridized carbons (Fsp3) is 0.217. The lowest BCUT2D eigenvalue weighted by Gasteiger charge is -2.17. The van der Waals surface area contributed by atoms with E-state index in [9.17, 15) is 9.59 Å². The van der Waals surface area contributed by atoms with Crippen LogP contribution in [0.2, 0.25) is 0 Å². The lowest BCUT2D eigenvalue weighted by Crippen LogP contribution is -2.43. The molecule has 0 bridgehead atoms. The molecule has 1 amide bonds. The highest BCUT2D eigenvalue weighted by molar-refractivity contribution is 5.89. The van der Waals surface area contributed by atoms with E-state index in [2.05, 4.69) is 5.32 Å². The molecule has 3 rings (SSSR count). The Morgan fingerprint density at radius 3 is 2.38 bits per heavy atom. The molecule has 0 aromatic heterocycles. The molecule has 1 atom stereocenters. The summed E-state index contributed by atoms with van der Waals surface area (Å²) in [4.78, 5) is 24.4. The summed E-state index contributed by atoms with van der Waals surface area (Å²) in [5.41, 5.74) is 1.69. The molecule has 0 aliphatic rings. The number of esters is 1. The summed E-state index contributed by atoms with van der Waals surface area (Å²) in [5.74, 6) is 0.155. The monoisotopic (exact) mass is 393 g/mol. The molecule has 0 aliphatic carbocycles. The minimum atomic E-state index is -0.880. The van der Waals surface area contributed by atoms with Gasteiger partial charge in [0.2, 0.25) is 0 Å². The van der Waals surface area contributed by atoms with E-state index < -0.39 is 18.1 Å². The summed E-state index contributed by atoms with van der Waals surface area (Å²) >= 11 is 0. The Kier molecular flexibility index (Phi) is 6.68. The van der Waals surface area contributed by atoms with E-state index in [0.29, 0.717) is 5.75 Å². The predicted molar refractivity (Wildman–Crippen MR) is 110 cm³/mol. The fourth-order valence-corrected chi connectivity index (χ4v) is 3.10. The Balaban J connectivity index is 1.73. The van der Waals surface area contributed by atoms with Crippen LogP contribution in [-0.2, 0) is 27.3 Å². The van der Waals surface area contributed by atoms with Gasteiger partial charge in [0.25, 0.3) is 0 Å². The zero-order valence-corrected chi connectivity index (χ0v) is 16.4. The first-order valence-electron chi connectivity index (χ1n) is 9.21. The number of alkyl carbamates (subject to hydrolysis) is 1. The number of methoxy groups -OCH3 is 2. The van der Waals surface area contributed by atoms with Gasteiger partial charge < -0.3 is 19.5 Å². The molecule has 3 aromatic carbocycles. The Hall–Kier alpha value is -3.54. The summed E-state index contributed by atoms with van der Waals surface area (Å²) < 4.78 is 15.6. The lowest BCUT2D eigenvalue weighted by atomic mass is 10.0. The Bertz CT molecular complexity index is 987. The van der Waals surface area contributed by atoms with Crippen LogP contribution in [-0.4, -0.2) is 32.3 Å². The molecule has 0 fully saturated rings. The molecule has 1 N–H and O–H groups in total. The molecule has 0 unspecified atom stereocenters. The predicted octanol–water partition coefficient (Wildman–Crippen LogP) is 3.86. The minimum absolute atomic E-state index is 0.115. The SMILES string of the molecule is COC(=O)[C@H](Cc1cc(OC)c2ccccc2c1)NC(=O)OCc1ccccc1. The molecular weight excluding hydrogens is 370 g/mol. The van der Waals surface area contributed by atoms with Gasteiger partial charge in [-0.1, -0.05) is 60.7 Å². The highest BCUT2D eigenvalue weighted by Gasteiger charge is 2.23. The number of carbonyl (C=O) groups excluding carboxylic acids is 2. The smallest absolute Gasteiger partial charge is 0.408 e. The molecule has 0 spiro atoms. The van der Waals surface area contributed by atoms with Crippen molar-refractivity contribution in [3.8, 4) is 5.75 Å². The maximum Gasteiger partial charge on any atom is 0.408 e. The normalized spacial score (nSPS) is 11.5. The van der Waals surface area contributed by atoms with Crippen molar-refractivity contribution in [1.82, 2.24) is 5.32 Å². The van der Waals surface area contributed by atoms with Crippen molar-refractivity contribution in [2.75, 3.05) is 14.2 Å². The van der Waals surface area contributed by atoms with Gasteiger partial charge in [-0.05, 0) is 22.6 Å². The van der Waals surface area contributed by atoms with Crippen LogP contribution in [0.4, 0.5) is 4.79 Å². The van der Waals surface area contributed by atoms with Gasteiger partial charge in [0.1, 0.15) is 18.4 Å². The van der Waals surface area contributed by atoms with Crippen LogP contribution in [0.5, 0.6) is 5.75 Å². The first-order chi connectivity index (χ1) is 14.1. The van der Waals surface area contributed by atoms with Gasteiger partial charge in [0.05, 0.1) is 14.2 Å². The van der Waals surface area contributed by atoms with E-state index in [-0.39, 0.29) is 13.0 Å². The average molecular weight is 393 g/mol. The van der Waals surface area contributed by atoms with E-state index >= 15 is 0 Å². The second-order valence-corrected chi connectivity index (χ2v) is 6.51. The van der Waals surface area contributed by atoms with E-state index in [1.54, 1.807) is 7.11 Å². The third-order valence-corrected chi connectivity index (χ3v) is 4.53. The standard InChI is InChI=1S/C23H23NO5/c1-27-21-14-17(12-18-10-6-7-11-19(18)21)13-20(22(25)28-2)24-23(26)29-15-16-8-4-3-5-9-16/h3-12,14,20H,13,15H2,1-2H3,(H,24,26)/t20-/m0/s1. The zero-order valence-electron chi connectivity index (χ0n) is 16.4. The lowest BCUT2D eigenvalue weighted by molar-refractivity contribution is -0.143. The summed E-state index contributed by atoms with van der Waals surface area (Å²) in [5, 5.41) is 4.55. The van der Waals surface area contributed by atoms with Gasteiger partial charge in [0, 0.05) is 11.8 Å². The van der Waals surface area contributed by atoms with Crippen LogP contribution in [0.25, 0.3) is 10.8 Å². The first-order valence-corrected chi connectivity index (χ1v) is 9.21. The second-order valence-electron chi connectivity index (χ2n) is 6.51. The molecule has 6 heteroatoms. The Morgan fingerprint density at radius 2 is 1.66 bits per heavy atom. The Labute approximate surface area is 169 Å². The van der Waals surface area contributed by atoms with Gasteiger partial charge in [-0.2, -0.15) is 0 Å². The Morgan fingerprint density at radius 1 is 0.931 bits per heavy atom. The molecular formula is C23H23NO5. The number of ether oxygens (including phenoxy) is 3. The molecule has 0 aliphatic heterocycles. The van der Waals surface area contributed by atoms with E-state index in [0.717, 1.165) is 21.9 Å². The second kappa shape index (κ2) is 9.59. The van der Waals surface area contributed by atoms with Crippen molar-refractivity contribution in [1.29, 1.82) is 0 Å². The third-order valence-electron chi connectivity index (χ3n) is 4.53.